The van der Waals surface area contributed by atoms with Gasteiger partial charge in [-0.15, -0.1) is 0 Å². The Balaban J connectivity index is 2.29. The quantitative estimate of drug-likeness (QED) is 0.604. The van der Waals surface area contributed by atoms with Crippen LogP contribution in [0.1, 0.15) is 38.5 Å². The maximum atomic E-state index is 9.40. The molecule has 2 unspecified atom stereocenters. The molecule has 66 valence electrons. The Kier molecular flexibility index (Phi) is 3.87. The topological polar surface area (TPSA) is 40.5 Å². The monoisotopic (exact) mass is 158 g/mol. The molecule has 2 N–H and O–H groups in total. The van der Waals surface area contributed by atoms with E-state index < -0.39 is 0 Å². The zero-order chi connectivity index (χ0) is 8.10. The van der Waals surface area contributed by atoms with Gasteiger partial charge in [-0.25, -0.2) is 0 Å². The Morgan fingerprint density at radius 3 is 2.55 bits per heavy atom. The second-order valence-electron chi connectivity index (χ2n) is 3.58. The molecule has 1 aliphatic rings. The van der Waals surface area contributed by atoms with Gasteiger partial charge in [0.2, 0.25) is 0 Å². The highest BCUT2D eigenvalue weighted by Crippen LogP contribution is 2.21. The zero-order valence-electron chi connectivity index (χ0n) is 7.00. The summed E-state index contributed by atoms with van der Waals surface area (Å²) in [7, 11) is 0. The Hall–Kier alpha value is -0.0800. The number of hydrogen-bond acceptors (Lipinski definition) is 2. The van der Waals surface area contributed by atoms with Crippen LogP contribution in [0.2, 0.25) is 0 Å². The molecule has 11 heavy (non-hydrogen) atoms. The summed E-state index contributed by atoms with van der Waals surface area (Å²) in [5.41, 5.74) is 0. The van der Waals surface area contributed by atoms with Crippen molar-refractivity contribution < 1.29 is 10.2 Å². The molecule has 1 rings (SSSR count). The summed E-state index contributed by atoms with van der Waals surface area (Å²) < 4.78 is 0. The van der Waals surface area contributed by atoms with E-state index in [1.165, 1.54) is 12.8 Å². The first kappa shape index (κ1) is 9.01. The highest BCUT2D eigenvalue weighted by molar-refractivity contribution is 4.68. The van der Waals surface area contributed by atoms with Crippen LogP contribution in [-0.2, 0) is 0 Å². The lowest BCUT2D eigenvalue weighted by molar-refractivity contribution is 0.0941. The maximum Gasteiger partial charge on any atom is 0.0543 e. The van der Waals surface area contributed by atoms with Gasteiger partial charge in [0, 0.05) is 6.61 Å². The molecule has 0 radical (unpaired) electrons. The molecule has 0 aromatic heterocycles. The summed E-state index contributed by atoms with van der Waals surface area (Å²) >= 11 is 0. The molecule has 0 aromatic carbocycles. The summed E-state index contributed by atoms with van der Waals surface area (Å²) in [5.74, 6) is 0.352. The van der Waals surface area contributed by atoms with Crippen LogP contribution in [0.15, 0.2) is 0 Å². The SMILES string of the molecule is OCC1CCCCCC(O)C1. The van der Waals surface area contributed by atoms with Crippen molar-refractivity contribution >= 4 is 0 Å². The van der Waals surface area contributed by atoms with E-state index in [0.717, 1.165) is 25.7 Å². The molecule has 2 heteroatoms. The molecule has 0 aromatic rings. The van der Waals surface area contributed by atoms with Gasteiger partial charge >= 0.3 is 0 Å². The molecule has 0 spiro atoms. The molecular formula is C9H18O2. The largest absolute Gasteiger partial charge is 0.396 e. The smallest absolute Gasteiger partial charge is 0.0543 e. The molecule has 2 atom stereocenters. The number of aliphatic hydroxyl groups is 2. The van der Waals surface area contributed by atoms with Crippen molar-refractivity contribution in [3.63, 3.8) is 0 Å². The van der Waals surface area contributed by atoms with Gasteiger partial charge in [-0.3, -0.25) is 0 Å². The van der Waals surface area contributed by atoms with E-state index >= 15 is 0 Å². The van der Waals surface area contributed by atoms with Gasteiger partial charge in [0.05, 0.1) is 6.10 Å². The zero-order valence-corrected chi connectivity index (χ0v) is 7.00. The summed E-state index contributed by atoms with van der Waals surface area (Å²) in [6.45, 7) is 0.247. The molecule has 0 heterocycles. The van der Waals surface area contributed by atoms with Crippen molar-refractivity contribution in [1.82, 2.24) is 0 Å². The van der Waals surface area contributed by atoms with Gasteiger partial charge in [0.15, 0.2) is 0 Å². The molecular weight excluding hydrogens is 140 g/mol. The van der Waals surface area contributed by atoms with Gasteiger partial charge in [-0.1, -0.05) is 19.3 Å². The van der Waals surface area contributed by atoms with Gasteiger partial charge in [0.25, 0.3) is 0 Å². The van der Waals surface area contributed by atoms with Crippen LogP contribution in [0.4, 0.5) is 0 Å². The van der Waals surface area contributed by atoms with Crippen LogP contribution < -0.4 is 0 Å². The molecule has 1 saturated carbocycles. The first-order chi connectivity index (χ1) is 5.33. The Bertz CT molecular complexity index is 104. The van der Waals surface area contributed by atoms with Crippen molar-refractivity contribution in [2.75, 3.05) is 6.61 Å². The third kappa shape index (κ3) is 3.21. The van der Waals surface area contributed by atoms with Crippen LogP contribution >= 0.6 is 0 Å². The van der Waals surface area contributed by atoms with E-state index in [4.69, 9.17) is 5.11 Å². The fourth-order valence-electron chi connectivity index (χ4n) is 1.78. The van der Waals surface area contributed by atoms with Crippen molar-refractivity contribution in [2.45, 2.75) is 44.6 Å². The molecule has 2 nitrogen and oxygen atoms in total. The highest BCUT2D eigenvalue weighted by atomic mass is 16.3. The molecule has 0 amide bonds. The summed E-state index contributed by atoms with van der Waals surface area (Å²) in [4.78, 5) is 0. The number of aliphatic hydroxyl groups excluding tert-OH is 2. The van der Waals surface area contributed by atoms with E-state index in [1.807, 2.05) is 0 Å². The summed E-state index contributed by atoms with van der Waals surface area (Å²) in [5, 5.41) is 18.3. The van der Waals surface area contributed by atoms with Crippen LogP contribution in [0.5, 0.6) is 0 Å². The fourth-order valence-corrected chi connectivity index (χ4v) is 1.78. The minimum absolute atomic E-state index is 0.160. The van der Waals surface area contributed by atoms with E-state index in [1.54, 1.807) is 0 Å². The molecule has 1 fully saturated rings. The minimum atomic E-state index is -0.160. The third-order valence-corrected chi connectivity index (χ3v) is 2.51. The van der Waals surface area contributed by atoms with E-state index in [2.05, 4.69) is 0 Å². The predicted molar refractivity (Wildman–Crippen MR) is 44.3 cm³/mol. The third-order valence-electron chi connectivity index (χ3n) is 2.51. The summed E-state index contributed by atoms with van der Waals surface area (Å²) in [6.07, 6.45) is 6.25. The fraction of sp³-hybridized carbons (Fsp3) is 1.00. The lowest BCUT2D eigenvalue weighted by Gasteiger charge is -2.21. The van der Waals surface area contributed by atoms with Gasteiger partial charge in [0.1, 0.15) is 0 Å². The van der Waals surface area contributed by atoms with Crippen LogP contribution in [0.3, 0.4) is 0 Å². The standard InChI is InChI=1S/C9H18O2/c10-7-8-4-2-1-3-5-9(11)6-8/h8-11H,1-7H2. The van der Waals surface area contributed by atoms with Crippen molar-refractivity contribution in [1.29, 1.82) is 0 Å². The Labute approximate surface area is 68.2 Å². The minimum Gasteiger partial charge on any atom is -0.396 e. The Morgan fingerprint density at radius 2 is 1.82 bits per heavy atom. The van der Waals surface area contributed by atoms with E-state index in [9.17, 15) is 5.11 Å². The van der Waals surface area contributed by atoms with E-state index in [-0.39, 0.29) is 12.7 Å². The average molecular weight is 158 g/mol. The molecule has 0 aliphatic heterocycles. The highest BCUT2D eigenvalue weighted by Gasteiger charge is 2.15. The van der Waals surface area contributed by atoms with E-state index in [0.29, 0.717) is 5.92 Å². The molecule has 1 aliphatic carbocycles. The lowest BCUT2D eigenvalue weighted by atomic mass is 9.90. The second kappa shape index (κ2) is 4.73. The Morgan fingerprint density at radius 1 is 1.09 bits per heavy atom. The average Bonchev–Trinajstić information content (AvgIpc) is 1.96. The van der Waals surface area contributed by atoms with Crippen LogP contribution in [-0.4, -0.2) is 22.9 Å². The number of hydrogen-bond donors (Lipinski definition) is 2. The van der Waals surface area contributed by atoms with Gasteiger partial charge in [-0.05, 0) is 25.2 Å². The molecule has 0 saturated heterocycles. The van der Waals surface area contributed by atoms with Gasteiger partial charge < -0.3 is 10.2 Å². The van der Waals surface area contributed by atoms with Crippen molar-refractivity contribution in [3.05, 3.63) is 0 Å². The summed E-state index contributed by atoms with van der Waals surface area (Å²) in [6, 6.07) is 0. The van der Waals surface area contributed by atoms with Crippen molar-refractivity contribution in [2.24, 2.45) is 5.92 Å². The maximum absolute atomic E-state index is 9.40. The normalized spacial score (nSPS) is 34.4. The van der Waals surface area contributed by atoms with Crippen LogP contribution in [0.25, 0.3) is 0 Å². The van der Waals surface area contributed by atoms with Crippen molar-refractivity contribution in [3.8, 4) is 0 Å². The van der Waals surface area contributed by atoms with Crippen LogP contribution in [0, 0.1) is 5.92 Å². The first-order valence-electron chi connectivity index (χ1n) is 4.62. The number of rotatable bonds is 1. The first-order valence-corrected chi connectivity index (χ1v) is 4.62. The molecule has 0 bridgehead atoms. The lowest BCUT2D eigenvalue weighted by Crippen LogP contribution is -2.18. The van der Waals surface area contributed by atoms with Gasteiger partial charge in [-0.2, -0.15) is 0 Å². The second-order valence-corrected chi connectivity index (χ2v) is 3.58. The predicted octanol–water partition coefficient (Wildman–Crippen LogP) is 1.31.